The van der Waals surface area contributed by atoms with E-state index in [9.17, 15) is 9.90 Å². The molecule has 0 unspecified atom stereocenters. The predicted octanol–water partition coefficient (Wildman–Crippen LogP) is 4.56. The van der Waals surface area contributed by atoms with Crippen molar-refractivity contribution in [3.63, 3.8) is 0 Å². The van der Waals surface area contributed by atoms with Gasteiger partial charge in [0.15, 0.2) is 0 Å². The summed E-state index contributed by atoms with van der Waals surface area (Å²) in [4.78, 5) is 11.7. The quantitative estimate of drug-likeness (QED) is 0.902. The first-order chi connectivity index (χ1) is 7.99. The second-order valence-corrected chi connectivity index (χ2v) is 6.42. The Morgan fingerprint density at radius 2 is 2.18 bits per heavy atom. The highest BCUT2D eigenvalue weighted by molar-refractivity contribution is 9.10. The fraction of sp³-hybridized carbons (Fsp3) is 0.308. The van der Waals surface area contributed by atoms with Gasteiger partial charge in [-0.15, -0.1) is 11.3 Å². The lowest BCUT2D eigenvalue weighted by Crippen LogP contribution is -2.01. The summed E-state index contributed by atoms with van der Waals surface area (Å²) in [7, 11) is 0. The molecule has 2 nitrogen and oxygen atoms in total. The molecule has 0 aliphatic heterocycles. The van der Waals surface area contributed by atoms with Crippen LogP contribution in [0, 0.1) is 5.92 Å². The highest BCUT2D eigenvalue weighted by Gasteiger charge is 2.18. The Morgan fingerprint density at radius 1 is 1.47 bits per heavy atom. The fourth-order valence-corrected chi connectivity index (χ4v) is 3.32. The van der Waals surface area contributed by atoms with Crippen molar-refractivity contribution in [2.45, 2.75) is 20.3 Å². The van der Waals surface area contributed by atoms with Gasteiger partial charge in [-0.1, -0.05) is 29.8 Å². The molecule has 2 rings (SSSR count). The molecule has 4 heteroatoms. The minimum absolute atomic E-state index is 0.449. The van der Waals surface area contributed by atoms with E-state index < -0.39 is 5.97 Å². The monoisotopic (exact) mass is 312 g/mol. The van der Waals surface area contributed by atoms with Crippen molar-refractivity contribution in [1.29, 1.82) is 0 Å². The van der Waals surface area contributed by atoms with Crippen LogP contribution in [-0.4, -0.2) is 11.1 Å². The Kier molecular flexibility index (Phi) is 3.54. The first-order valence-corrected chi connectivity index (χ1v) is 7.04. The maximum Gasteiger partial charge on any atom is 0.346 e. The molecule has 1 aromatic heterocycles. The molecule has 17 heavy (non-hydrogen) atoms. The number of hydrogen-bond donors (Lipinski definition) is 1. The van der Waals surface area contributed by atoms with Crippen LogP contribution in [-0.2, 0) is 6.42 Å². The van der Waals surface area contributed by atoms with E-state index in [-0.39, 0.29) is 0 Å². The zero-order chi connectivity index (χ0) is 12.6. The van der Waals surface area contributed by atoms with Crippen LogP contribution in [0.3, 0.4) is 0 Å². The number of fused-ring (bicyclic) bond motifs is 1. The number of halogens is 1. The van der Waals surface area contributed by atoms with Gasteiger partial charge in [-0.3, -0.25) is 0 Å². The zero-order valence-electron chi connectivity index (χ0n) is 9.66. The molecule has 0 aliphatic carbocycles. The summed E-state index contributed by atoms with van der Waals surface area (Å²) in [6.45, 7) is 4.21. The van der Waals surface area contributed by atoms with Gasteiger partial charge in [0.05, 0.1) is 0 Å². The van der Waals surface area contributed by atoms with E-state index in [1.54, 1.807) is 0 Å². The number of carbonyl (C=O) groups is 1. The van der Waals surface area contributed by atoms with E-state index in [1.165, 1.54) is 11.3 Å². The van der Waals surface area contributed by atoms with Gasteiger partial charge < -0.3 is 5.11 Å². The van der Waals surface area contributed by atoms with Crippen molar-refractivity contribution >= 4 is 43.3 Å². The first-order valence-electron chi connectivity index (χ1n) is 5.43. The van der Waals surface area contributed by atoms with Crippen LogP contribution in [0.1, 0.15) is 29.1 Å². The lowest BCUT2D eigenvalue weighted by Gasteiger charge is -2.05. The largest absolute Gasteiger partial charge is 0.477 e. The van der Waals surface area contributed by atoms with Crippen molar-refractivity contribution in [2.24, 2.45) is 5.92 Å². The Hall–Kier alpha value is -0.870. The standard InChI is InChI=1S/C13H13BrO2S/c1-7(2)5-10-9-6-8(14)3-4-11(9)17-12(10)13(15)16/h3-4,6-7H,5H2,1-2H3,(H,15,16). The minimum atomic E-state index is -0.821. The molecule has 0 fully saturated rings. The van der Waals surface area contributed by atoms with E-state index in [4.69, 9.17) is 0 Å². The SMILES string of the molecule is CC(C)Cc1c(C(=O)O)sc2ccc(Br)cc12. The molecule has 90 valence electrons. The second kappa shape index (κ2) is 4.78. The van der Waals surface area contributed by atoms with Crippen LogP contribution in [0.15, 0.2) is 22.7 Å². The third-order valence-electron chi connectivity index (χ3n) is 2.56. The fourth-order valence-electron chi connectivity index (χ4n) is 1.90. The lowest BCUT2D eigenvalue weighted by atomic mass is 10.00. The average molecular weight is 313 g/mol. The molecule has 0 atom stereocenters. The molecule has 2 aromatic rings. The van der Waals surface area contributed by atoms with Gasteiger partial charge in [0, 0.05) is 9.17 Å². The molecule has 0 spiro atoms. The maximum atomic E-state index is 11.3. The number of thiophene rings is 1. The van der Waals surface area contributed by atoms with Gasteiger partial charge >= 0.3 is 5.97 Å². The minimum Gasteiger partial charge on any atom is -0.477 e. The van der Waals surface area contributed by atoms with Crippen LogP contribution < -0.4 is 0 Å². The number of hydrogen-bond acceptors (Lipinski definition) is 2. The molecule has 0 saturated carbocycles. The molecule has 0 saturated heterocycles. The number of aromatic carboxylic acids is 1. The smallest absolute Gasteiger partial charge is 0.346 e. The predicted molar refractivity (Wildman–Crippen MR) is 75.0 cm³/mol. The number of benzene rings is 1. The van der Waals surface area contributed by atoms with Crippen LogP contribution in [0.25, 0.3) is 10.1 Å². The van der Waals surface area contributed by atoms with Crippen LogP contribution >= 0.6 is 27.3 Å². The number of rotatable bonds is 3. The van der Waals surface area contributed by atoms with Crippen LogP contribution in [0.4, 0.5) is 0 Å². The molecule has 0 bridgehead atoms. The number of carboxylic acid groups (broad SMARTS) is 1. The molecule has 0 amide bonds. The molecular weight excluding hydrogens is 300 g/mol. The first kappa shape index (κ1) is 12.6. The summed E-state index contributed by atoms with van der Waals surface area (Å²) in [5, 5.41) is 10.3. The van der Waals surface area contributed by atoms with E-state index in [0.717, 1.165) is 26.5 Å². The highest BCUT2D eigenvalue weighted by atomic mass is 79.9. The Morgan fingerprint density at radius 3 is 2.76 bits per heavy atom. The van der Waals surface area contributed by atoms with Crippen molar-refractivity contribution < 1.29 is 9.90 Å². The van der Waals surface area contributed by atoms with Gasteiger partial charge in [-0.05, 0) is 41.5 Å². The molecule has 1 N–H and O–H groups in total. The lowest BCUT2D eigenvalue weighted by molar-refractivity contribution is 0.0701. The maximum absolute atomic E-state index is 11.3. The van der Waals surface area contributed by atoms with E-state index in [0.29, 0.717) is 10.8 Å². The molecule has 0 radical (unpaired) electrons. The van der Waals surface area contributed by atoms with Crippen molar-refractivity contribution in [2.75, 3.05) is 0 Å². The summed E-state index contributed by atoms with van der Waals surface area (Å²) in [6.07, 6.45) is 0.804. The van der Waals surface area contributed by atoms with Gasteiger partial charge in [-0.2, -0.15) is 0 Å². The van der Waals surface area contributed by atoms with Gasteiger partial charge in [0.2, 0.25) is 0 Å². The summed E-state index contributed by atoms with van der Waals surface area (Å²) in [5.74, 6) is -0.372. The Bertz CT molecular complexity index is 572. The average Bonchev–Trinajstić information content (AvgIpc) is 2.56. The molecule has 1 heterocycles. The zero-order valence-corrected chi connectivity index (χ0v) is 12.1. The highest BCUT2D eigenvalue weighted by Crippen LogP contribution is 2.34. The summed E-state index contributed by atoms with van der Waals surface area (Å²) >= 11 is 4.80. The third-order valence-corrected chi connectivity index (χ3v) is 4.25. The Labute approximate surface area is 112 Å². The van der Waals surface area contributed by atoms with Gasteiger partial charge in [0.25, 0.3) is 0 Å². The summed E-state index contributed by atoms with van der Waals surface area (Å²) in [5.41, 5.74) is 0.966. The van der Waals surface area contributed by atoms with Crippen molar-refractivity contribution in [3.05, 3.63) is 33.1 Å². The molecule has 0 aliphatic rings. The van der Waals surface area contributed by atoms with Gasteiger partial charge in [0.1, 0.15) is 4.88 Å². The summed E-state index contributed by atoms with van der Waals surface area (Å²) in [6, 6.07) is 5.93. The summed E-state index contributed by atoms with van der Waals surface area (Å²) < 4.78 is 2.03. The normalized spacial score (nSPS) is 11.3. The second-order valence-electron chi connectivity index (χ2n) is 4.45. The van der Waals surface area contributed by atoms with Crippen LogP contribution in [0.5, 0.6) is 0 Å². The number of carboxylic acids is 1. The molecular formula is C13H13BrO2S. The molecule has 1 aromatic carbocycles. The Balaban J connectivity index is 2.68. The third kappa shape index (κ3) is 2.53. The van der Waals surface area contributed by atoms with Crippen molar-refractivity contribution in [1.82, 2.24) is 0 Å². The van der Waals surface area contributed by atoms with Crippen LogP contribution in [0.2, 0.25) is 0 Å². The van der Waals surface area contributed by atoms with Crippen molar-refractivity contribution in [3.8, 4) is 0 Å². The van der Waals surface area contributed by atoms with E-state index in [2.05, 4.69) is 29.8 Å². The topological polar surface area (TPSA) is 37.3 Å². The van der Waals surface area contributed by atoms with E-state index >= 15 is 0 Å². The van der Waals surface area contributed by atoms with E-state index in [1.807, 2.05) is 18.2 Å². The van der Waals surface area contributed by atoms with Gasteiger partial charge in [-0.25, -0.2) is 4.79 Å².